The molecule has 0 spiro atoms. The van der Waals surface area contributed by atoms with E-state index < -0.39 is 22.7 Å². The Bertz CT molecular complexity index is 418. The Morgan fingerprint density at radius 3 is 1.95 bits per heavy atom. The summed E-state index contributed by atoms with van der Waals surface area (Å²) in [6, 6.07) is 0. The second-order valence-electron chi connectivity index (χ2n) is 8.18. The summed E-state index contributed by atoms with van der Waals surface area (Å²) in [6.45, 7) is 3.27. The van der Waals surface area contributed by atoms with Crippen molar-refractivity contribution in [2.45, 2.75) is 83.2 Å². The number of fused-ring (bicyclic) bond motifs is 3. The second kappa shape index (κ2) is 5.09. The molecule has 0 saturated heterocycles. The van der Waals surface area contributed by atoms with Crippen molar-refractivity contribution in [3.05, 3.63) is 0 Å². The molecule has 2 bridgehead atoms. The van der Waals surface area contributed by atoms with Gasteiger partial charge in [0.1, 0.15) is 0 Å². The summed E-state index contributed by atoms with van der Waals surface area (Å²) in [4.78, 5) is 0. The van der Waals surface area contributed by atoms with Crippen LogP contribution in [0.5, 0.6) is 0 Å². The normalized spacial score (nSPS) is 46.6. The lowest BCUT2D eigenvalue weighted by Gasteiger charge is -2.60. The van der Waals surface area contributed by atoms with Gasteiger partial charge in [0.05, 0.1) is 18.1 Å². The topological polar surface area (TPSA) is 9.23 Å². The largest absolute Gasteiger partial charge is 0.377 e. The molecule has 0 radical (unpaired) electrons. The third-order valence-electron chi connectivity index (χ3n) is 6.69. The van der Waals surface area contributed by atoms with Gasteiger partial charge in [0.2, 0.25) is 0 Å². The van der Waals surface area contributed by atoms with Crippen LogP contribution in [-0.4, -0.2) is 24.6 Å². The van der Waals surface area contributed by atoms with Crippen LogP contribution in [0.25, 0.3) is 0 Å². The smallest absolute Gasteiger partial charge is 0.318 e. The molecule has 0 aliphatic heterocycles. The van der Waals surface area contributed by atoms with E-state index in [0.29, 0.717) is 5.92 Å². The Hall–Kier alpha value is -0.320. The van der Waals surface area contributed by atoms with E-state index in [1.165, 1.54) is 6.92 Å². The van der Waals surface area contributed by atoms with Crippen LogP contribution in [0.2, 0.25) is 0 Å². The first-order chi connectivity index (χ1) is 10.1. The van der Waals surface area contributed by atoms with Crippen LogP contribution < -0.4 is 0 Å². The Labute approximate surface area is 129 Å². The molecule has 4 fully saturated rings. The highest BCUT2D eigenvalue weighted by atomic mass is 19.3. The van der Waals surface area contributed by atoms with Gasteiger partial charge in [-0.2, -0.15) is 17.6 Å². The molecule has 1 nitrogen and oxygen atoms in total. The Morgan fingerprint density at radius 1 is 0.864 bits per heavy atom. The maximum absolute atomic E-state index is 14.6. The molecule has 0 amide bonds. The minimum atomic E-state index is -3.97. The summed E-state index contributed by atoms with van der Waals surface area (Å²) in [5.74, 6) is -7.25. The van der Waals surface area contributed by atoms with Gasteiger partial charge >= 0.3 is 11.8 Å². The molecule has 4 rings (SSSR count). The van der Waals surface area contributed by atoms with E-state index in [9.17, 15) is 17.6 Å². The molecule has 0 aromatic carbocycles. The van der Waals surface area contributed by atoms with Crippen molar-refractivity contribution in [3.8, 4) is 0 Å². The van der Waals surface area contributed by atoms with Gasteiger partial charge in [-0.25, -0.2) is 0 Å². The number of rotatable bonds is 3. The van der Waals surface area contributed by atoms with Crippen molar-refractivity contribution in [2.75, 3.05) is 6.61 Å². The maximum Gasteiger partial charge on any atom is 0.318 e. The van der Waals surface area contributed by atoms with Gasteiger partial charge in [0, 0.05) is 5.41 Å². The van der Waals surface area contributed by atoms with Crippen molar-refractivity contribution < 1.29 is 22.3 Å². The van der Waals surface area contributed by atoms with Crippen LogP contribution in [-0.2, 0) is 4.74 Å². The standard InChI is InChI=1S/C17H26F4O/c1-12-3-5-13(6-4-12)22-11-15-9-7-14(2,8-10-15)16(18,19)17(15,20)21/h12-13H,3-11H2,1-2H3. The van der Waals surface area contributed by atoms with E-state index in [0.717, 1.165) is 25.7 Å². The summed E-state index contributed by atoms with van der Waals surface area (Å²) in [5.41, 5.74) is -3.23. The van der Waals surface area contributed by atoms with Crippen LogP contribution in [0.3, 0.4) is 0 Å². The maximum atomic E-state index is 14.6. The molecule has 22 heavy (non-hydrogen) atoms. The first-order valence-electron chi connectivity index (χ1n) is 8.51. The number of hydrogen-bond donors (Lipinski definition) is 0. The monoisotopic (exact) mass is 322 g/mol. The third-order valence-corrected chi connectivity index (χ3v) is 6.69. The lowest BCUT2D eigenvalue weighted by Crippen LogP contribution is -2.69. The van der Waals surface area contributed by atoms with Gasteiger partial charge in [-0.1, -0.05) is 13.8 Å². The molecular formula is C17H26F4O. The lowest BCUT2D eigenvalue weighted by molar-refractivity contribution is -0.371. The highest BCUT2D eigenvalue weighted by Gasteiger charge is 2.80. The molecule has 5 heteroatoms. The molecule has 0 atom stereocenters. The van der Waals surface area contributed by atoms with Crippen LogP contribution in [0.15, 0.2) is 0 Å². The summed E-state index contributed by atoms with van der Waals surface area (Å²) in [6.07, 6.45) is 4.37. The van der Waals surface area contributed by atoms with Gasteiger partial charge in [0.25, 0.3) is 0 Å². The molecule has 0 N–H and O–H groups in total. The van der Waals surface area contributed by atoms with E-state index in [4.69, 9.17) is 4.74 Å². The Balaban J connectivity index is 1.72. The molecule has 4 saturated carbocycles. The minimum absolute atomic E-state index is 0.0368. The first-order valence-corrected chi connectivity index (χ1v) is 8.51. The van der Waals surface area contributed by atoms with E-state index >= 15 is 0 Å². The average molecular weight is 322 g/mol. The molecule has 0 aromatic heterocycles. The predicted octanol–water partition coefficient (Wildman–Crippen LogP) is 5.43. The predicted molar refractivity (Wildman–Crippen MR) is 76.3 cm³/mol. The van der Waals surface area contributed by atoms with Crippen LogP contribution >= 0.6 is 0 Å². The molecule has 4 aliphatic rings. The molecular weight excluding hydrogens is 296 g/mol. The highest BCUT2D eigenvalue weighted by molar-refractivity contribution is 5.16. The zero-order valence-corrected chi connectivity index (χ0v) is 13.4. The molecule has 0 heterocycles. The fourth-order valence-corrected chi connectivity index (χ4v) is 4.53. The lowest BCUT2D eigenvalue weighted by atomic mass is 9.50. The first kappa shape index (κ1) is 16.5. The van der Waals surface area contributed by atoms with E-state index in [1.54, 1.807) is 0 Å². The van der Waals surface area contributed by atoms with Crippen molar-refractivity contribution in [3.63, 3.8) is 0 Å². The van der Waals surface area contributed by atoms with Crippen LogP contribution in [0.4, 0.5) is 17.6 Å². The number of hydrogen-bond acceptors (Lipinski definition) is 1. The van der Waals surface area contributed by atoms with Crippen LogP contribution in [0, 0.1) is 16.7 Å². The van der Waals surface area contributed by atoms with E-state index in [2.05, 4.69) is 6.92 Å². The number of ether oxygens (including phenoxy) is 1. The van der Waals surface area contributed by atoms with Crippen molar-refractivity contribution in [1.82, 2.24) is 0 Å². The highest BCUT2D eigenvalue weighted by Crippen LogP contribution is 2.70. The Morgan fingerprint density at radius 2 is 1.41 bits per heavy atom. The summed E-state index contributed by atoms with van der Waals surface area (Å²) in [7, 11) is 0. The second-order valence-corrected chi connectivity index (χ2v) is 8.18. The third kappa shape index (κ3) is 2.14. The van der Waals surface area contributed by atoms with Gasteiger partial charge in [0.15, 0.2) is 0 Å². The molecule has 0 unspecified atom stereocenters. The average Bonchev–Trinajstić information content (AvgIpc) is 2.47. The van der Waals surface area contributed by atoms with Crippen molar-refractivity contribution >= 4 is 0 Å². The van der Waals surface area contributed by atoms with Gasteiger partial charge < -0.3 is 4.74 Å². The zero-order chi connectivity index (χ0) is 16.2. The van der Waals surface area contributed by atoms with Crippen molar-refractivity contribution in [1.29, 1.82) is 0 Å². The SMILES string of the molecule is CC1CCC(OCC23CCC(C)(CC2)C(F)(F)C3(F)F)CC1. The van der Waals surface area contributed by atoms with Crippen LogP contribution in [0.1, 0.15) is 65.2 Å². The van der Waals surface area contributed by atoms with Crippen molar-refractivity contribution in [2.24, 2.45) is 16.7 Å². The summed E-state index contributed by atoms with van der Waals surface area (Å²) in [5, 5.41) is 0. The fraction of sp³-hybridized carbons (Fsp3) is 1.00. The molecule has 128 valence electrons. The quantitative estimate of drug-likeness (QED) is 0.629. The van der Waals surface area contributed by atoms with E-state index in [1.807, 2.05) is 0 Å². The fourth-order valence-electron chi connectivity index (χ4n) is 4.53. The molecule has 4 aliphatic carbocycles. The van der Waals surface area contributed by atoms with Gasteiger partial charge in [-0.3, -0.25) is 0 Å². The minimum Gasteiger partial charge on any atom is -0.377 e. The number of halogens is 4. The number of alkyl halides is 4. The van der Waals surface area contributed by atoms with Gasteiger partial charge in [-0.05, 0) is 57.3 Å². The summed E-state index contributed by atoms with van der Waals surface area (Å²) >= 11 is 0. The zero-order valence-electron chi connectivity index (χ0n) is 13.4. The summed E-state index contributed by atoms with van der Waals surface area (Å²) < 4.78 is 63.5. The van der Waals surface area contributed by atoms with E-state index in [-0.39, 0.29) is 38.4 Å². The molecule has 0 aromatic rings. The Kier molecular flexibility index (Phi) is 3.82. The van der Waals surface area contributed by atoms with Gasteiger partial charge in [-0.15, -0.1) is 0 Å².